The van der Waals surface area contributed by atoms with E-state index in [1.54, 1.807) is 0 Å². The van der Waals surface area contributed by atoms with Crippen molar-refractivity contribution < 1.29 is 29.3 Å². The Morgan fingerprint density at radius 2 is 1.82 bits per heavy atom. The van der Waals surface area contributed by atoms with Crippen LogP contribution in [0.15, 0.2) is 64.5 Å². The number of benzene rings is 1. The number of ketones is 1. The number of phenols is 1. The molecule has 0 spiro atoms. The molecule has 2 N–H and O–H groups in total. The van der Waals surface area contributed by atoms with E-state index >= 15 is 0 Å². The van der Waals surface area contributed by atoms with Crippen molar-refractivity contribution in [3.8, 4) is 11.5 Å². The molecule has 0 amide bonds. The molecular formula is C28H32O6. The lowest BCUT2D eigenvalue weighted by atomic mass is 9.53. The summed E-state index contributed by atoms with van der Waals surface area (Å²) in [4.78, 5) is 26.0. The number of Topliss-reactive ketones (excluding diaryl/α,β-unsaturated/α-hetero) is 1. The SMILES string of the molecule is COc1cc(C(=O)O[C@@H]2CC(C)(C)C3=CC=C4C=C(C(C)C)C(=O)C(O)=C4[C@]3(C)C2)ccc1O. The molecule has 1 aromatic carbocycles. The highest BCUT2D eigenvalue weighted by Gasteiger charge is 2.52. The summed E-state index contributed by atoms with van der Waals surface area (Å²) < 4.78 is 11.0. The van der Waals surface area contributed by atoms with Gasteiger partial charge in [0.2, 0.25) is 5.78 Å². The van der Waals surface area contributed by atoms with Gasteiger partial charge in [0, 0.05) is 16.6 Å². The van der Waals surface area contributed by atoms with Crippen molar-refractivity contribution in [3.05, 3.63) is 70.0 Å². The van der Waals surface area contributed by atoms with Crippen molar-refractivity contribution in [3.63, 3.8) is 0 Å². The molecule has 180 valence electrons. The van der Waals surface area contributed by atoms with Crippen LogP contribution in [0.5, 0.6) is 11.5 Å². The van der Waals surface area contributed by atoms with Crippen LogP contribution in [-0.4, -0.2) is 35.2 Å². The number of hydrogen-bond acceptors (Lipinski definition) is 6. The lowest BCUT2D eigenvalue weighted by Gasteiger charge is -2.52. The summed E-state index contributed by atoms with van der Waals surface area (Å²) in [6, 6.07) is 4.34. The summed E-state index contributed by atoms with van der Waals surface area (Å²) in [5.41, 5.74) is 2.43. The van der Waals surface area contributed by atoms with Crippen LogP contribution in [0, 0.1) is 16.7 Å². The summed E-state index contributed by atoms with van der Waals surface area (Å²) >= 11 is 0. The summed E-state index contributed by atoms with van der Waals surface area (Å²) in [5.74, 6) is -0.925. The first kappa shape index (κ1) is 23.9. The summed E-state index contributed by atoms with van der Waals surface area (Å²) in [7, 11) is 1.42. The van der Waals surface area contributed by atoms with Crippen LogP contribution in [0.2, 0.25) is 0 Å². The smallest absolute Gasteiger partial charge is 0.338 e. The Bertz CT molecular complexity index is 1190. The molecule has 0 unspecified atom stereocenters. The van der Waals surface area contributed by atoms with Gasteiger partial charge >= 0.3 is 5.97 Å². The Balaban J connectivity index is 1.69. The maximum absolute atomic E-state index is 13.0. The largest absolute Gasteiger partial charge is 0.504 e. The molecule has 3 aliphatic rings. The van der Waals surface area contributed by atoms with E-state index in [-0.39, 0.29) is 39.9 Å². The van der Waals surface area contributed by atoms with Gasteiger partial charge in [0.05, 0.1) is 12.7 Å². The van der Waals surface area contributed by atoms with Crippen LogP contribution in [0.25, 0.3) is 0 Å². The van der Waals surface area contributed by atoms with Crippen LogP contribution in [-0.2, 0) is 9.53 Å². The normalized spacial score (nSPS) is 25.7. The number of allylic oxidation sites excluding steroid dienone is 7. The first-order valence-electron chi connectivity index (χ1n) is 11.6. The van der Waals surface area contributed by atoms with E-state index in [1.807, 2.05) is 32.9 Å². The molecular weight excluding hydrogens is 432 g/mol. The maximum atomic E-state index is 13.0. The molecule has 0 saturated heterocycles. The number of aliphatic hydroxyl groups is 1. The highest BCUT2D eigenvalue weighted by atomic mass is 16.5. The molecule has 3 aliphatic carbocycles. The third-order valence-corrected chi connectivity index (χ3v) is 7.30. The predicted octanol–water partition coefficient (Wildman–Crippen LogP) is 5.60. The molecule has 4 rings (SSSR count). The second-order valence-corrected chi connectivity index (χ2v) is 10.5. The predicted molar refractivity (Wildman–Crippen MR) is 129 cm³/mol. The van der Waals surface area contributed by atoms with Crippen molar-refractivity contribution >= 4 is 11.8 Å². The summed E-state index contributed by atoms with van der Waals surface area (Å²) in [6.07, 6.45) is 6.57. The number of carbonyl (C=O) groups is 2. The van der Waals surface area contributed by atoms with Crippen LogP contribution < -0.4 is 4.74 Å². The highest BCUT2D eigenvalue weighted by molar-refractivity contribution is 6.10. The van der Waals surface area contributed by atoms with Crippen molar-refractivity contribution in [1.29, 1.82) is 0 Å². The van der Waals surface area contributed by atoms with E-state index in [0.29, 0.717) is 24.0 Å². The zero-order valence-electron chi connectivity index (χ0n) is 20.6. The zero-order valence-corrected chi connectivity index (χ0v) is 20.6. The molecule has 34 heavy (non-hydrogen) atoms. The number of methoxy groups -OCH3 is 1. The number of rotatable bonds is 4. The molecule has 1 aromatic rings. The lowest BCUT2D eigenvalue weighted by molar-refractivity contribution is -0.115. The Kier molecular flexibility index (Phi) is 5.75. The molecule has 0 aromatic heterocycles. The number of fused-ring (bicyclic) bond motifs is 3. The highest BCUT2D eigenvalue weighted by Crippen LogP contribution is 2.59. The Morgan fingerprint density at radius 1 is 1.12 bits per heavy atom. The minimum Gasteiger partial charge on any atom is -0.504 e. The number of carbonyl (C=O) groups excluding carboxylic acids is 2. The number of hydrogen-bond donors (Lipinski definition) is 2. The van der Waals surface area contributed by atoms with E-state index in [9.17, 15) is 19.8 Å². The molecule has 6 heteroatoms. The third kappa shape index (κ3) is 3.75. The van der Waals surface area contributed by atoms with Crippen molar-refractivity contribution in [2.45, 2.75) is 53.6 Å². The Morgan fingerprint density at radius 3 is 2.47 bits per heavy atom. The van der Waals surface area contributed by atoms with Gasteiger partial charge in [-0.3, -0.25) is 4.79 Å². The van der Waals surface area contributed by atoms with Crippen molar-refractivity contribution in [2.75, 3.05) is 7.11 Å². The van der Waals surface area contributed by atoms with E-state index < -0.39 is 17.5 Å². The quantitative estimate of drug-likeness (QED) is 0.564. The van der Waals surface area contributed by atoms with Gasteiger partial charge in [0.25, 0.3) is 0 Å². The van der Waals surface area contributed by atoms with Gasteiger partial charge in [-0.2, -0.15) is 0 Å². The minimum absolute atomic E-state index is 0.00548. The third-order valence-electron chi connectivity index (χ3n) is 7.30. The molecule has 0 radical (unpaired) electrons. The van der Waals surface area contributed by atoms with Crippen LogP contribution in [0.4, 0.5) is 0 Å². The lowest BCUT2D eigenvalue weighted by Crippen LogP contribution is -2.46. The number of aliphatic hydroxyl groups excluding tert-OH is 1. The van der Waals surface area contributed by atoms with Crippen LogP contribution >= 0.6 is 0 Å². The van der Waals surface area contributed by atoms with Crippen LogP contribution in [0.3, 0.4) is 0 Å². The van der Waals surface area contributed by atoms with Crippen molar-refractivity contribution in [1.82, 2.24) is 0 Å². The standard InChI is InChI=1S/C28H32O6/c1-15(2)19-11-16-8-10-22-27(3,4)13-18(14-28(22,5)23(16)25(31)24(19)30)34-26(32)17-7-9-20(29)21(12-17)33-6/h7-12,15,18,29,31H,13-14H2,1-6H3/t18-,28-/m1/s1. The summed E-state index contributed by atoms with van der Waals surface area (Å²) in [5, 5.41) is 20.9. The average molecular weight is 465 g/mol. The van der Waals surface area contributed by atoms with Gasteiger partial charge in [-0.1, -0.05) is 52.3 Å². The first-order valence-corrected chi connectivity index (χ1v) is 11.6. The average Bonchev–Trinajstić information content (AvgIpc) is 2.74. The fourth-order valence-electron chi connectivity index (χ4n) is 5.82. The molecule has 1 saturated carbocycles. The molecule has 0 aliphatic heterocycles. The minimum atomic E-state index is -0.665. The van der Waals surface area contributed by atoms with Crippen LogP contribution in [0.1, 0.15) is 57.8 Å². The molecule has 0 heterocycles. The number of esters is 1. The molecule has 1 fully saturated rings. The van der Waals surface area contributed by atoms with Gasteiger partial charge in [-0.15, -0.1) is 0 Å². The second-order valence-electron chi connectivity index (χ2n) is 10.5. The van der Waals surface area contributed by atoms with Gasteiger partial charge in [0.15, 0.2) is 17.3 Å². The fraction of sp³-hybridized carbons (Fsp3) is 0.429. The molecule has 0 bridgehead atoms. The summed E-state index contributed by atoms with van der Waals surface area (Å²) in [6.45, 7) is 10.1. The zero-order chi connectivity index (χ0) is 25.0. The Hall–Kier alpha value is -3.28. The maximum Gasteiger partial charge on any atom is 0.338 e. The topological polar surface area (TPSA) is 93.1 Å². The van der Waals surface area contributed by atoms with Gasteiger partial charge in [0.1, 0.15) is 6.10 Å². The van der Waals surface area contributed by atoms with Crippen molar-refractivity contribution in [2.24, 2.45) is 16.7 Å². The second kappa shape index (κ2) is 8.19. The number of phenolic OH excluding ortho intramolecular Hbond substituents is 1. The van der Waals surface area contributed by atoms with E-state index in [4.69, 9.17) is 9.47 Å². The van der Waals surface area contributed by atoms with Gasteiger partial charge in [-0.25, -0.2) is 4.79 Å². The monoisotopic (exact) mass is 464 g/mol. The van der Waals surface area contributed by atoms with Gasteiger partial charge < -0.3 is 19.7 Å². The Labute approximate surface area is 200 Å². The van der Waals surface area contributed by atoms with E-state index in [0.717, 1.165) is 11.1 Å². The molecule has 2 atom stereocenters. The fourth-order valence-corrected chi connectivity index (χ4v) is 5.82. The first-order chi connectivity index (χ1) is 15.9. The number of aromatic hydroxyl groups is 1. The van der Waals surface area contributed by atoms with Gasteiger partial charge in [-0.05, 0) is 54.0 Å². The van der Waals surface area contributed by atoms with E-state index in [2.05, 4.69) is 19.9 Å². The van der Waals surface area contributed by atoms with E-state index in [1.165, 1.54) is 25.3 Å². The number of ether oxygens (including phenoxy) is 2. The molecule has 6 nitrogen and oxygen atoms in total.